The first-order valence-corrected chi connectivity index (χ1v) is 11.0. The van der Waals surface area contributed by atoms with Gasteiger partial charge in [0.15, 0.2) is 0 Å². The molecule has 1 aromatic carbocycles. The molecule has 29 heavy (non-hydrogen) atoms. The first-order chi connectivity index (χ1) is 14.1. The first kappa shape index (κ1) is 21.3. The molecule has 0 atom stereocenters. The average molecular weight is 413 g/mol. The van der Waals surface area contributed by atoms with Crippen molar-refractivity contribution in [2.75, 3.05) is 26.8 Å². The van der Waals surface area contributed by atoms with Gasteiger partial charge in [0, 0.05) is 38.2 Å². The average Bonchev–Trinajstić information content (AvgIpc) is 3.33. The number of carbonyl (C=O) groups is 2. The lowest BCUT2D eigenvalue weighted by atomic mass is 10.1. The van der Waals surface area contributed by atoms with Gasteiger partial charge in [-0.05, 0) is 29.9 Å². The van der Waals surface area contributed by atoms with E-state index in [4.69, 9.17) is 4.74 Å². The number of ether oxygens (including phenoxy) is 1. The van der Waals surface area contributed by atoms with Crippen molar-refractivity contribution >= 4 is 28.7 Å². The fourth-order valence-electron chi connectivity index (χ4n) is 3.37. The lowest BCUT2D eigenvalue weighted by Crippen LogP contribution is -2.35. The topological polar surface area (TPSA) is 49.9 Å². The zero-order valence-corrected chi connectivity index (χ0v) is 17.9. The maximum atomic E-state index is 13.2. The Labute approximate surface area is 176 Å². The van der Waals surface area contributed by atoms with Crippen LogP contribution in [-0.2, 0) is 20.9 Å². The Hall–Kier alpha value is -2.44. The molecular formula is C23H28N2O3S. The van der Waals surface area contributed by atoms with E-state index in [0.29, 0.717) is 37.4 Å². The normalized spacial score (nSPS) is 14.2. The molecule has 1 aromatic heterocycles. The molecule has 0 fully saturated rings. The minimum absolute atomic E-state index is 0.207. The smallest absolute Gasteiger partial charge is 0.277 e. The van der Waals surface area contributed by atoms with E-state index in [1.807, 2.05) is 59.8 Å². The molecule has 5 nitrogen and oxygen atoms in total. The predicted octanol–water partition coefficient (Wildman–Crippen LogP) is 4.17. The summed E-state index contributed by atoms with van der Waals surface area (Å²) in [6.45, 7) is 4.35. The van der Waals surface area contributed by atoms with Gasteiger partial charge in [-0.15, -0.1) is 11.3 Å². The zero-order chi connectivity index (χ0) is 20.6. The summed E-state index contributed by atoms with van der Waals surface area (Å²) in [5, 5.41) is 1.93. The molecule has 3 rings (SSSR count). The fourth-order valence-corrected chi connectivity index (χ4v) is 4.14. The molecule has 0 saturated heterocycles. The molecule has 0 radical (unpaired) electrons. The van der Waals surface area contributed by atoms with E-state index in [0.717, 1.165) is 29.9 Å². The summed E-state index contributed by atoms with van der Waals surface area (Å²) in [6, 6.07) is 13.8. The minimum Gasteiger partial charge on any atom is -0.381 e. The minimum atomic E-state index is -0.217. The zero-order valence-electron chi connectivity index (χ0n) is 17.1. The Morgan fingerprint density at radius 2 is 1.76 bits per heavy atom. The molecule has 2 heterocycles. The maximum Gasteiger partial charge on any atom is 0.277 e. The van der Waals surface area contributed by atoms with Crippen molar-refractivity contribution in [3.8, 4) is 0 Å². The third kappa shape index (κ3) is 5.14. The highest BCUT2D eigenvalue weighted by Gasteiger charge is 2.40. The van der Waals surface area contributed by atoms with Gasteiger partial charge in [-0.1, -0.05) is 49.7 Å². The monoisotopic (exact) mass is 412 g/mol. The standard InChI is InChI=1S/C23H28N2O3S/c1-3-4-14-28-15-9-13-25-22(26)20(19-12-8-16-29-19)21(23(25)27)24(2)17-18-10-6-5-7-11-18/h5-8,10-12,16H,3-4,9,13-15,17H2,1-2H3. The van der Waals surface area contributed by atoms with Gasteiger partial charge in [0.1, 0.15) is 5.70 Å². The molecule has 0 spiro atoms. The second kappa shape index (κ2) is 10.4. The summed E-state index contributed by atoms with van der Waals surface area (Å²) in [4.78, 5) is 30.4. The van der Waals surface area contributed by atoms with Crippen molar-refractivity contribution in [3.63, 3.8) is 0 Å². The van der Waals surface area contributed by atoms with Gasteiger partial charge in [-0.25, -0.2) is 0 Å². The van der Waals surface area contributed by atoms with Crippen molar-refractivity contribution < 1.29 is 14.3 Å². The van der Waals surface area contributed by atoms with Crippen LogP contribution in [0.4, 0.5) is 0 Å². The SMILES string of the molecule is CCCCOCCCN1C(=O)C(c2cccs2)=C(N(C)Cc2ccccc2)C1=O. The van der Waals surface area contributed by atoms with Crippen LogP contribution in [0.5, 0.6) is 0 Å². The maximum absolute atomic E-state index is 13.2. The molecule has 0 bridgehead atoms. The van der Waals surface area contributed by atoms with E-state index in [9.17, 15) is 9.59 Å². The number of imide groups is 1. The van der Waals surface area contributed by atoms with Crippen LogP contribution >= 0.6 is 11.3 Å². The Kier molecular flexibility index (Phi) is 7.61. The van der Waals surface area contributed by atoms with E-state index >= 15 is 0 Å². The number of amides is 2. The van der Waals surface area contributed by atoms with Gasteiger partial charge in [0.2, 0.25) is 0 Å². The third-order valence-electron chi connectivity index (χ3n) is 4.87. The summed E-state index contributed by atoms with van der Waals surface area (Å²) in [7, 11) is 1.87. The van der Waals surface area contributed by atoms with Crippen LogP contribution in [0.3, 0.4) is 0 Å². The van der Waals surface area contributed by atoms with Crippen molar-refractivity contribution in [3.05, 3.63) is 64.0 Å². The van der Waals surface area contributed by atoms with Crippen molar-refractivity contribution in [1.29, 1.82) is 0 Å². The highest BCUT2D eigenvalue weighted by molar-refractivity contribution is 7.11. The van der Waals surface area contributed by atoms with Crippen molar-refractivity contribution in [1.82, 2.24) is 9.80 Å². The largest absolute Gasteiger partial charge is 0.381 e. The Balaban J connectivity index is 1.75. The second-order valence-corrected chi connectivity index (χ2v) is 8.07. The quantitative estimate of drug-likeness (QED) is 0.411. The van der Waals surface area contributed by atoms with Crippen LogP contribution in [0.15, 0.2) is 53.5 Å². The molecule has 6 heteroatoms. The lowest BCUT2D eigenvalue weighted by molar-refractivity contribution is -0.137. The second-order valence-electron chi connectivity index (χ2n) is 7.12. The van der Waals surface area contributed by atoms with Gasteiger partial charge in [0.05, 0.1) is 5.57 Å². The van der Waals surface area contributed by atoms with Gasteiger partial charge in [-0.2, -0.15) is 0 Å². The number of hydrogen-bond donors (Lipinski definition) is 0. The summed E-state index contributed by atoms with van der Waals surface area (Å²) in [6.07, 6.45) is 2.77. The number of carbonyl (C=O) groups excluding carboxylic acids is 2. The third-order valence-corrected chi connectivity index (χ3v) is 5.76. The summed E-state index contributed by atoms with van der Waals surface area (Å²) in [5.74, 6) is -0.425. The van der Waals surface area contributed by atoms with Crippen LogP contribution in [0.1, 0.15) is 36.6 Å². The van der Waals surface area contributed by atoms with E-state index in [2.05, 4.69) is 6.92 Å². The summed E-state index contributed by atoms with van der Waals surface area (Å²) >= 11 is 1.48. The van der Waals surface area contributed by atoms with Gasteiger partial charge >= 0.3 is 0 Å². The Morgan fingerprint density at radius 1 is 1.00 bits per heavy atom. The van der Waals surface area contributed by atoms with Crippen LogP contribution in [0.25, 0.3) is 5.57 Å². The van der Waals surface area contributed by atoms with E-state index < -0.39 is 0 Å². The molecule has 1 aliphatic rings. The van der Waals surface area contributed by atoms with E-state index in [1.54, 1.807) is 0 Å². The summed E-state index contributed by atoms with van der Waals surface area (Å²) in [5.41, 5.74) is 2.08. The molecule has 1 aliphatic heterocycles. The Morgan fingerprint density at radius 3 is 2.45 bits per heavy atom. The number of nitrogens with zero attached hydrogens (tertiary/aromatic N) is 2. The summed E-state index contributed by atoms with van der Waals surface area (Å²) < 4.78 is 5.59. The van der Waals surface area contributed by atoms with Crippen LogP contribution in [-0.4, -0.2) is 48.4 Å². The van der Waals surface area contributed by atoms with Crippen LogP contribution in [0.2, 0.25) is 0 Å². The number of hydrogen-bond acceptors (Lipinski definition) is 5. The van der Waals surface area contributed by atoms with Crippen molar-refractivity contribution in [2.24, 2.45) is 0 Å². The molecule has 0 saturated carbocycles. The van der Waals surface area contributed by atoms with Crippen LogP contribution in [0, 0.1) is 0 Å². The van der Waals surface area contributed by atoms with Gasteiger partial charge < -0.3 is 9.64 Å². The molecule has 154 valence electrons. The number of likely N-dealkylation sites (N-methyl/N-ethyl adjacent to an activating group) is 1. The van der Waals surface area contributed by atoms with Gasteiger partial charge in [-0.3, -0.25) is 14.5 Å². The molecule has 0 unspecified atom stereocenters. The molecule has 2 amide bonds. The highest BCUT2D eigenvalue weighted by Crippen LogP contribution is 2.34. The van der Waals surface area contributed by atoms with Crippen LogP contribution < -0.4 is 0 Å². The number of rotatable bonds is 11. The highest BCUT2D eigenvalue weighted by atomic mass is 32.1. The van der Waals surface area contributed by atoms with E-state index in [-0.39, 0.29) is 11.8 Å². The predicted molar refractivity (Wildman–Crippen MR) is 116 cm³/mol. The number of thiophene rings is 1. The molecular weight excluding hydrogens is 384 g/mol. The Bertz CT molecular complexity index is 846. The van der Waals surface area contributed by atoms with E-state index in [1.165, 1.54) is 16.2 Å². The first-order valence-electron chi connectivity index (χ1n) is 10.1. The van der Waals surface area contributed by atoms with Crippen molar-refractivity contribution in [2.45, 2.75) is 32.7 Å². The number of benzene rings is 1. The number of unbranched alkanes of at least 4 members (excludes halogenated alkanes) is 1. The molecule has 2 aromatic rings. The molecule has 0 N–H and O–H groups in total. The molecule has 0 aliphatic carbocycles. The fraction of sp³-hybridized carbons (Fsp3) is 0.391. The van der Waals surface area contributed by atoms with Gasteiger partial charge in [0.25, 0.3) is 11.8 Å². The lowest BCUT2D eigenvalue weighted by Gasteiger charge is -2.21.